The second-order valence-corrected chi connectivity index (χ2v) is 8.20. The summed E-state index contributed by atoms with van der Waals surface area (Å²) < 4.78 is 5.91. The van der Waals surface area contributed by atoms with E-state index in [0.717, 1.165) is 50.4 Å². The van der Waals surface area contributed by atoms with Gasteiger partial charge in [-0.2, -0.15) is 0 Å². The van der Waals surface area contributed by atoms with Crippen LogP contribution >= 0.6 is 12.4 Å². The standard InChI is InChI=1S/C27H31N3O3.ClH/c31-25-13-6-5-12-24(25)30-19-17-29(18-20-30)16-8-15-28-27(32)23-11-4-7-14-26(23)33-21-22-9-2-1-3-10-22;/h1-7,9-14,31H,8,15-21H2,(H,28,32);1H. The van der Waals surface area contributed by atoms with Crippen LogP contribution in [0.1, 0.15) is 22.3 Å². The van der Waals surface area contributed by atoms with Gasteiger partial charge in [-0.3, -0.25) is 9.69 Å². The molecule has 1 saturated heterocycles. The maximum atomic E-state index is 12.7. The molecule has 0 unspecified atom stereocenters. The average molecular weight is 482 g/mol. The SMILES string of the molecule is Cl.O=C(NCCCN1CCN(c2ccccc2O)CC1)c1ccccc1OCc1ccccc1. The summed E-state index contributed by atoms with van der Waals surface area (Å²) in [4.78, 5) is 17.3. The molecule has 6 nitrogen and oxygen atoms in total. The molecule has 1 amide bonds. The van der Waals surface area contributed by atoms with E-state index in [1.54, 1.807) is 12.1 Å². The Kier molecular flexibility index (Phi) is 9.62. The number of hydrogen-bond donors (Lipinski definition) is 2. The second-order valence-electron chi connectivity index (χ2n) is 8.20. The number of carbonyl (C=O) groups excluding carboxylic acids is 1. The molecule has 1 heterocycles. The number of ether oxygens (including phenoxy) is 1. The quantitative estimate of drug-likeness (QED) is 0.445. The highest BCUT2D eigenvalue weighted by molar-refractivity contribution is 5.96. The first-order valence-corrected chi connectivity index (χ1v) is 11.5. The number of nitrogens with one attached hydrogen (secondary N) is 1. The molecule has 0 bridgehead atoms. The lowest BCUT2D eigenvalue weighted by molar-refractivity contribution is 0.0947. The predicted octanol–water partition coefficient (Wildman–Crippen LogP) is 4.34. The number of phenolic OH excluding ortho intramolecular Hbond substituents is 1. The van der Waals surface area contributed by atoms with Crippen LogP contribution in [-0.2, 0) is 6.61 Å². The number of carbonyl (C=O) groups is 1. The number of piperazine rings is 1. The molecule has 3 aromatic carbocycles. The minimum atomic E-state index is -0.108. The minimum Gasteiger partial charge on any atom is -0.506 e. The van der Waals surface area contributed by atoms with Crippen molar-refractivity contribution in [2.45, 2.75) is 13.0 Å². The van der Waals surface area contributed by atoms with Gasteiger partial charge >= 0.3 is 0 Å². The number of para-hydroxylation sites is 3. The Labute approximate surface area is 207 Å². The molecule has 1 fully saturated rings. The monoisotopic (exact) mass is 481 g/mol. The maximum Gasteiger partial charge on any atom is 0.255 e. The highest BCUT2D eigenvalue weighted by atomic mass is 35.5. The van der Waals surface area contributed by atoms with E-state index in [2.05, 4.69) is 15.1 Å². The smallest absolute Gasteiger partial charge is 0.255 e. The van der Waals surface area contributed by atoms with Gasteiger partial charge in [0.1, 0.15) is 18.1 Å². The van der Waals surface area contributed by atoms with Gasteiger partial charge in [-0.25, -0.2) is 0 Å². The van der Waals surface area contributed by atoms with Crippen LogP contribution in [0.5, 0.6) is 11.5 Å². The number of benzene rings is 3. The summed E-state index contributed by atoms with van der Waals surface area (Å²) in [6, 6.07) is 24.8. The normalized spacial score (nSPS) is 13.7. The zero-order valence-corrected chi connectivity index (χ0v) is 20.0. The molecule has 3 aromatic rings. The minimum absolute atomic E-state index is 0. The number of halogens is 1. The Morgan fingerprint density at radius 3 is 2.32 bits per heavy atom. The Balaban J connectivity index is 0.00000324. The van der Waals surface area contributed by atoms with Gasteiger partial charge < -0.3 is 20.1 Å². The zero-order chi connectivity index (χ0) is 22.9. The van der Waals surface area contributed by atoms with Crippen molar-refractivity contribution in [3.8, 4) is 11.5 Å². The van der Waals surface area contributed by atoms with Crippen molar-refractivity contribution in [1.29, 1.82) is 0 Å². The van der Waals surface area contributed by atoms with Gasteiger partial charge in [-0.1, -0.05) is 54.6 Å². The Bertz CT molecular complexity index is 1040. The number of amides is 1. The number of hydrogen-bond acceptors (Lipinski definition) is 5. The summed E-state index contributed by atoms with van der Waals surface area (Å²) in [6.07, 6.45) is 0.884. The van der Waals surface area contributed by atoms with Crippen LogP contribution in [0.2, 0.25) is 0 Å². The molecule has 1 aliphatic heterocycles. The first kappa shape index (κ1) is 25.4. The van der Waals surface area contributed by atoms with E-state index in [0.29, 0.717) is 30.2 Å². The van der Waals surface area contributed by atoms with Crippen molar-refractivity contribution in [3.05, 3.63) is 90.0 Å². The summed E-state index contributed by atoms with van der Waals surface area (Å²) in [5.74, 6) is 0.823. The van der Waals surface area contributed by atoms with E-state index < -0.39 is 0 Å². The molecule has 2 N–H and O–H groups in total. The number of phenols is 1. The maximum absolute atomic E-state index is 12.7. The third-order valence-electron chi connectivity index (χ3n) is 5.90. The number of nitrogens with zero attached hydrogens (tertiary/aromatic N) is 2. The lowest BCUT2D eigenvalue weighted by Gasteiger charge is -2.36. The number of anilines is 1. The summed E-state index contributed by atoms with van der Waals surface area (Å²) in [5.41, 5.74) is 2.53. The van der Waals surface area contributed by atoms with Crippen LogP contribution in [0, 0.1) is 0 Å². The molecule has 1 aliphatic rings. The Hall–Kier alpha value is -3.22. The van der Waals surface area contributed by atoms with E-state index in [4.69, 9.17) is 4.74 Å². The first-order chi connectivity index (χ1) is 16.2. The van der Waals surface area contributed by atoms with E-state index >= 15 is 0 Å². The molecule has 0 aromatic heterocycles. The molecule has 180 valence electrons. The lowest BCUT2D eigenvalue weighted by Crippen LogP contribution is -2.47. The zero-order valence-electron chi connectivity index (χ0n) is 19.2. The van der Waals surface area contributed by atoms with Crippen molar-refractivity contribution in [2.24, 2.45) is 0 Å². The predicted molar refractivity (Wildman–Crippen MR) is 138 cm³/mol. The highest BCUT2D eigenvalue weighted by Gasteiger charge is 2.19. The molecule has 0 spiro atoms. The topological polar surface area (TPSA) is 65.0 Å². The van der Waals surface area contributed by atoms with E-state index in [1.165, 1.54) is 0 Å². The second kappa shape index (κ2) is 12.9. The van der Waals surface area contributed by atoms with Gasteiger partial charge in [0.2, 0.25) is 0 Å². The first-order valence-electron chi connectivity index (χ1n) is 11.5. The van der Waals surface area contributed by atoms with Crippen LogP contribution in [0.25, 0.3) is 0 Å². The van der Waals surface area contributed by atoms with Gasteiger partial charge in [0.05, 0.1) is 11.3 Å². The molecule has 4 rings (SSSR count). The largest absolute Gasteiger partial charge is 0.506 e. The molecule has 0 aliphatic carbocycles. The van der Waals surface area contributed by atoms with Crippen LogP contribution in [0.4, 0.5) is 5.69 Å². The molecule has 0 atom stereocenters. The molecule has 0 radical (unpaired) electrons. The molecule has 7 heteroatoms. The molecular weight excluding hydrogens is 450 g/mol. The van der Waals surface area contributed by atoms with Gasteiger partial charge in [0.25, 0.3) is 5.91 Å². The van der Waals surface area contributed by atoms with Crippen molar-refractivity contribution in [1.82, 2.24) is 10.2 Å². The summed E-state index contributed by atoms with van der Waals surface area (Å²) >= 11 is 0. The van der Waals surface area contributed by atoms with Crippen LogP contribution in [0.15, 0.2) is 78.9 Å². The van der Waals surface area contributed by atoms with Gasteiger partial charge in [-0.05, 0) is 42.8 Å². The van der Waals surface area contributed by atoms with Gasteiger partial charge in [-0.15, -0.1) is 12.4 Å². The third-order valence-corrected chi connectivity index (χ3v) is 5.90. The Morgan fingerprint density at radius 2 is 1.56 bits per heavy atom. The summed E-state index contributed by atoms with van der Waals surface area (Å²) in [5, 5.41) is 13.1. The van der Waals surface area contributed by atoms with Crippen molar-refractivity contribution in [2.75, 3.05) is 44.2 Å². The van der Waals surface area contributed by atoms with Crippen LogP contribution in [0.3, 0.4) is 0 Å². The number of aromatic hydroxyl groups is 1. The number of rotatable bonds is 9. The van der Waals surface area contributed by atoms with E-state index in [9.17, 15) is 9.90 Å². The fraction of sp³-hybridized carbons (Fsp3) is 0.296. The molecular formula is C27H32ClN3O3. The molecule has 0 saturated carbocycles. The van der Waals surface area contributed by atoms with Crippen LogP contribution in [-0.4, -0.2) is 55.2 Å². The van der Waals surface area contributed by atoms with Crippen molar-refractivity contribution >= 4 is 24.0 Å². The highest BCUT2D eigenvalue weighted by Crippen LogP contribution is 2.27. The molecule has 34 heavy (non-hydrogen) atoms. The lowest BCUT2D eigenvalue weighted by atomic mass is 10.2. The van der Waals surface area contributed by atoms with Crippen molar-refractivity contribution < 1.29 is 14.6 Å². The van der Waals surface area contributed by atoms with Gasteiger partial charge in [0, 0.05) is 32.7 Å². The van der Waals surface area contributed by atoms with Gasteiger partial charge in [0.15, 0.2) is 0 Å². The fourth-order valence-electron chi connectivity index (χ4n) is 4.06. The Morgan fingerprint density at radius 1 is 0.882 bits per heavy atom. The van der Waals surface area contributed by atoms with E-state index in [-0.39, 0.29) is 18.3 Å². The summed E-state index contributed by atoms with van der Waals surface area (Å²) in [6.45, 7) is 5.63. The van der Waals surface area contributed by atoms with E-state index in [1.807, 2.05) is 66.7 Å². The van der Waals surface area contributed by atoms with Crippen molar-refractivity contribution in [3.63, 3.8) is 0 Å². The fourth-order valence-corrected chi connectivity index (χ4v) is 4.06. The summed E-state index contributed by atoms with van der Waals surface area (Å²) in [7, 11) is 0. The third kappa shape index (κ3) is 6.89. The average Bonchev–Trinajstić information content (AvgIpc) is 2.87. The van der Waals surface area contributed by atoms with Crippen LogP contribution < -0.4 is 15.0 Å².